The summed E-state index contributed by atoms with van der Waals surface area (Å²) in [5, 5.41) is 6.99. The molecule has 1 N–H and O–H groups in total. The van der Waals surface area contributed by atoms with Crippen LogP contribution in [0.2, 0.25) is 0 Å². The molecule has 1 saturated heterocycles. The molecule has 0 unspecified atom stereocenters. The number of nitrogens with one attached hydrogen (secondary N) is 1. The van der Waals surface area contributed by atoms with Gasteiger partial charge in [-0.2, -0.15) is 5.10 Å². The van der Waals surface area contributed by atoms with E-state index in [2.05, 4.69) is 10.4 Å². The van der Waals surface area contributed by atoms with E-state index >= 15 is 4.39 Å². The van der Waals surface area contributed by atoms with Gasteiger partial charge in [0.15, 0.2) is 0 Å². The van der Waals surface area contributed by atoms with Gasteiger partial charge in [0.1, 0.15) is 17.1 Å². The number of para-hydroxylation sites is 2. The van der Waals surface area contributed by atoms with Crippen molar-refractivity contribution in [2.75, 3.05) is 25.1 Å². The van der Waals surface area contributed by atoms with Crippen LogP contribution in [0, 0.1) is 12.7 Å². The SMILES string of the molecule is Cc1ccccc1-n1nccc1C(=O)Nc1c(F)cccc1[C@@H]1COCCN1C(=O)OC(C)(C)C. The normalized spacial score (nSPS) is 16.1. The van der Waals surface area contributed by atoms with E-state index in [9.17, 15) is 9.59 Å². The van der Waals surface area contributed by atoms with Crippen LogP contribution in [-0.2, 0) is 9.47 Å². The first-order valence-electron chi connectivity index (χ1n) is 11.4. The second-order valence-corrected chi connectivity index (χ2v) is 9.34. The zero-order valence-corrected chi connectivity index (χ0v) is 20.2. The van der Waals surface area contributed by atoms with Crippen LogP contribution in [0.25, 0.3) is 5.69 Å². The van der Waals surface area contributed by atoms with E-state index in [1.165, 1.54) is 21.8 Å². The number of carbonyl (C=O) groups excluding carboxylic acids is 2. The van der Waals surface area contributed by atoms with Gasteiger partial charge < -0.3 is 14.8 Å². The third-order valence-corrected chi connectivity index (χ3v) is 5.62. The highest BCUT2D eigenvalue weighted by Gasteiger charge is 2.34. The van der Waals surface area contributed by atoms with Crippen LogP contribution < -0.4 is 5.32 Å². The van der Waals surface area contributed by atoms with E-state index in [1.807, 2.05) is 31.2 Å². The highest BCUT2D eigenvalue weighted by atomic mass is 19.1. The number of anilines is 1. The maximum Gasteiger partial charge on any atom is 0.410 e. The Balaban J connectivity index is 1.66. The minimum atomic E-state index is -0.688. The molecule has 2 aromatic carbocycles. The topological polar surface area (TPSA) is 85.7 Å². The number of aromatic nitrogens is 2. The summed E-state index contributed by atoms with van der Waals surface area (Å²) >= 11 is 0. The first-order valence-corrected chi connectivity index (χ1v) is 11.4. The van der Waals surface area contributed by atoms with Crippen LogP contribution in [0.1, 0.15) is 48.4 Å². The highest BCUT2D eigenvalue weighted by molar-refractivity contribution is 6.04. The van der Waals surface area contributed by atoms with Gasteiger partial charge >= 0.3 is 6.09 Å². The number of ether oxygens (including phenoxy) is 2. The number of halogens is 1. The zero-order chi connectivity index (χ0) is 25.2. The van der Waals surface area contributed by atoms with Gasteiger partial charge in [-0.1, -0.05) is 30.3 Å². The molecule has 0 bridgehead atoms. The van der Waals surface area contributed by atoms with Gasteiger partial charge in [-0.05, 0) is 51.5 Å². The van der Waals surface area contributed by atoms with Gasteiger partial charge in [-0.3, -0.25) is 9.69 Å². The minimum absolute atomic E-state index is 0.0147. The molecule has 1 aromatic heterocycles. The lowest BCUT2D eigenvalue weighted by Crippen LogP contribution is -2.46. The van der Waals surface area contributed by atoms with Crippen LogP contribution in [0.5, 0.6) is 0 Å². The van der Waals surface area contributed by atoms with Gasteiger partial charge in [-0.25, -0.2) is 13.9 Å². The Morgan fingerprint density at radius 3 is 2.66 bits per heavy atom. The van der Waals surface area contributed by atoms with Gasteiger partial charge in [0, 0.05) is 12.1 Å². The molecule has 1 atom stereocenters. The molecule has 2 amide bonds. The summed E-state index contributed by atoms with van der Waals surface area (Å²) in [6.07, 6.45) is 0.994. The Kier molecular flexibility index (Phi) is 6.88. The fraction of sp³-hybridized carbons (Fsp3) is 0.346. The molecule has 4 rings (SSSR count). The van der Waals surface area contributed by atoms with Crippen molar-refractivity contribution >= 4 is 17.7 Å². The molecule has 1 aliphatic heterocycles. The molecule has 35 heavy (non-hydrogen) atoms. The van der Waals surface area contributed by atoms with Crippen LogP contribution >= 0.6 is 0 Å². The molecule has 0 radical (unpaired) electrons. The van der Waals surface area contributed by atoms with Crippen LogP contribution in [0.15, 0.2) is 54.7 Å². The van der Waals surface area contributed by atoms with Crippen molar-refractivity contribution in [1.29, 1.82) is 0 Å². The molecule has 8 nitrogen and oxygen atoms in total. The largest absolute Gasteiger partial charge is 0.444 e. The van der Waals surface area contributed by atoms with Crippen molar-refractivity contribution in [2.45, 2.75) is 39.3 Å². The third kappa shape index (κ3) is 5.35. The Morgan fingerprint density at radius 1 is 1.14 bits per heavy atom. The first-order chi connectivity index (χ1) is 16.7. The van der Waals surface area contributed by atoms with E-state index in [0.717, 1.165) is 11.3 Å². The van der Waals surface area contributed by atoms with E-state index in [-0.39, 0.29) is 24.5 Å². The lowest BCUT2D eigenvalue weighted by molar-refractivity contribution is -0.0329. The Labute approximate surface area is 203 Å². The minimum Gasteiger partial charge on any atom is -0.444 e. The lowest BCUT2D eigenvalue weighted by atomic mass is 10.0. The van der Waals surface area contributed by atoms with Crippen molar-refractivity contribution in [1.82, 2.24) is 14.7 Å². The molecular weight excluding hydrogens is 451 g/mol. The summed E-state index contributed by atoms with van der Waals surface area (Å²) in [5.41, 5.74) is 1.65. The molecule has 3 aromatic rings. The van der Waals surface area contributed by atoms with Gasteiger partial charge in [0.25, 0.3) is 5.91 Å². The van der Waals surface area contributed by atoms with Gasteiger partial charge in [-0.15, -0.1) is 0 Å². The van der Waals surface area contributed by atoms with E-state index in [0.29, 0.717) is 12.2 Å². The molecule has 0 saturated carbocycles. The first kappa shape index (κ1) is 24.4. The second kappa shape index (κ2) is 9.87. The van der Waals surface area contributed by atoms with Crippen molar-refractivity contribution in [3.05, 3.63) is 77.4 Å². The van der Waals surface area contributed by atoms with E-state index < -0.39 is 29.5 Å². The summed E-state index contributed by atoms with van der Waals surface area (Å²) in [4.78, 5) is 27.7. The average Bonchev–Trinajstić information content (AvgIpc) is 3.29. The highest BCUT2D eigenvalue weighted by Crippen LogP contribution is 2.33. The van der Waals surface area contributed by atoms with Gasteiger partial charge in [0.2, 0.25) is 0 Å². The van der Waals surface area contributed by atoms with Crippen LogP contribution in [0.4, 0.5) is 14.9 Å². The average molecular weight is 481 g/mol. The summed E-state index contributed by atoms with van der Waals surface area (Å²) in [6, 6.07) is 12.9. The Hall–Kier alpha value is -3.72. The molecule has 0 spiro atoms. The van der Waals surface area contributed by atoms with Crippen LogP contribution in [0.3, 0.4) is 0 Å². The zero-order valence-electron chi connectivity index (χ0n) is 20.2. The molecule has 9 heteroatoms. The van der Waals surface area contributed by atoms with Crippen molar-refractivity contribution in [2.24, 2.45) is 0 Å². The fourth-order valence-corrected chi connectivity index (χ4v) is 4.00. The Bertz CT molecular complexity index is 1230. The molecule has 2 heterocycles. The summed E-state index contributed by atoms with van der Waals surface area (Å²) in [7, 11) is 0. The second-order valence-electron chi connectivity index (χ2n) is 9.34. The number of rotatable bonds is 4. The number of amides is 2. The number of hydrogen-bond acceptors (Lipinski definition) is 5. The monoisotopic (exact) mass is 480 g/mol. The fourth-order valence-electron chi connectivity index (χ4n) is 4.00. The molecular formula is C26H29FN4O4. The summed E-state index contributed by atoms with van der Waals surface area (Å²) in [6.45, 7) is 8.03. The van der Waals surface area contributed by atoms with Crippen molar-refractivity contribution in [3.63, 3.8) is 0 Å². The summed E-state index contributed by atoms with van der Waals surface area (Å²) in [5.74, 6) is -1.15. The number of morpholine rings is 1. The lowest BCUT2D eigenvalue weighted by Gasteiger charge is -2.37. The smallest absolute Gasteiger partial charge is 0.410 e. The maximum absolute atomic E-state index is 15.1. The van der Waals surface area contributed by atoms with Crippen molar-refractivity contribution in [3.8, 4) is 5.69 Å². The van der Waals surface area contributed by atoms with Crippen molar-refractivity contribution < 1.29 is 23.5 Å². The predicted octanol–water partition coefficient (Wildman–Crippen LogP) is 4.88. The Morgan fingerprint density at radius 2 is 1.91 bits per heavy atom. The van der Waals surface area contributed by atoms with E-state index in [1.54, 1.807) is 39.0 Å². The molecule has 1 aliphatic rings. The standard InChI is InChI=1S/C26H29FN4O4/c1-17-8-5-6-11-20(17)31-21(12-13-28-31)24(32)29-23-18(9-7-10-19(23)27)22-16-34-15-14-30(22)25(33)35-26(2,3)4/h5-13,22H,14-16H2,1-4H3,(H,29,32)/t22-/m0/s1. The van der Waals surface area contributed by atoms with Crippen LogP contribution in [-0.4, -0.2) is 52.0 Å². The van der Waals surface area contributed by atoms with E-state index in [4.69, 9.17) is 9.47 Å². The maximum atomic E-state index is 15.1. The molecule has 0 aliphatic carbocycles. The number of hydrogen-bond donors (Lipinski definition) is 1. The number of aryl methyl sites for hydroxylation is 1. The quantitative estimate of drug-likeness (QED) is 0.575. The summed E-state index contributed by atoms with van der Waals surface area (Å²) < 4.78 is 27.8. The number of benzene rings is 2. The van der Waals surface area contributed by atoms with Gasteiger partial charge in [0.05, 0.1) is 36.8 Å². The number of nitrogens with zero attached hydrogens (tertiary/aromatic N) is 3. The number of carbonyl (C=O) groups is 2. The predicted molar refractivity (Wildman–Crippen MR) is 129 cm³/mol. The third-order valence-electron chi connectivity index (χ3n) is 5.62. The molecule has 184 valence electrons. The molecule has 1 fully saturated rings.